The summed E-state index contributed by atoms with van der Waals surface area (Å²) < 4.78 is 1.08. The summed E-state index contributed by atoms with van der Waals surface area (Å²) in [6, 6.07) is 8.60. The number of halogens is 1. The molecule has 0 aliphatic heterocycles. The lowest BCUT2D eigenvalue weighted by molar-refractivity contribution is 0.636. The van der Waals surface area contributed by atoms with Gasteiger partial charge in [0, 0.05) is 27.1 Å². The van der Waals surface area contributed by atoms with Crippen molar-refractivity contribution in [3.63, 3.8) is 0 Å². The molecule has 1 unspecified atom stereocenters. The monoisotopic (exact) mass is 322 g/mol. The quantitative estimate of drug-likeness (QED) is 0.598. The van der Waals surface area contributed by atoms with E-state index in [2.05, 4.69) is 57.2 Å². The van der Waals surface area contributed by atoms with E-state index in [0.717, 1.165) is 22.1 Å². The molecule has 0 saturated heterocycles. The summed E-state index contributed by atoms with van der Waals surface area (Å²) in [5.41, 5.74) is 8.00. The second-order valence-corrected chi connectivity index (χ2v) is 5.60. The van der Waals surface area contributed by atoms with Gasteiger partial charge in [-0.2, -0.15) is 0 Å². The molecule has 4 nitrogen and oxygen atoms in total. The highest BCUT2D eigenvalue weighted by Gasteiger charge is 2.02. The van der Waals surface area contributed by atoms with Crippen molar-refractivity contribution in [1.82, 2.24) is 10.3 Å². The summed E-state index contributed by atoms with van der Waals surface area (Å²) in [7, 11) is 0. The summed E-state index contributed by atoms with van der Waals surface area (Å²) in [5.74, 6) is 0.495. The molecule has 0 spiro atoms. The molecular formula is C14H19BrN4. The molecule has 0 radical (unpaired) electrons. The van der Waals surface area contributed by atoms with Crippen molar-refractivity contribution in [2.24, 2.45) is 10.7 Å². The Bertz CT molecular complexity index is 588. The third-order valence-electron chi connectivity index (χ3n) is 3.06. The van der Waals surface area contributed by atoms with E-state index < -0.39 is 0 Å². The molecule has 102 valence electrons. The summed E-state index contributed by atoms with van der Waals surface area (Å²) in [5, 5.41) is 4.32. The molecule has 0 aliphatic carbocycles. The van der Waals surface area contributed by atoms with Gasteiger partial charge < -0.3 is 16.0 Å². The van der Waals surface area contributed by atoms with Crippen LogP contribution in [0.5, 0.6) is 0 Å². The molecule has 2 aromatic rings. The highest BCUT2D eigenvalue weighted by atomic mass is 79.9. The number of aromatic amines is 1. The zero-order chi connectivity index (χ0) is 13.8. The molecular weight excluding hydrogens is 304 g/mol. The van der Waals surface area contributed by atoms with Crippen LogP contribution in [-0.2, 0) is 6.54 Å². The van der Waals surface area contributed by atoms with Gasteiger partial charge in [0.05, 0.1) is 6.54 Å². The lowest BCUT2D eigenvalue weighted by atomic mass is 10.2. The van der Waals surface area contributed by atoms with Crippen LogP contribution in [0.4, 0.5) is 0 Å². The number of hydrogen-bond donors (Lipinski definition) is 3. The van der Waals surface area contributed by atoms with E-state index in [1.807, 2.05) is 12.1 Å². The fourth-order valence-corrected chi connectivity index (χ4v) is 2.20. The number of H-pyrrole nitrogens is 1. The van der Waals surface area contributed by atoms with E-state index in [4.69, 9.17) is 5.73 Å². The first kappa shape index (κ1) is 13.9. The van der Waals surface area contributed by atoms with Gasteiger partial charge in [-0.15, -0.1) is 0 Å². The minimum atomic E-state index is 0.349. The van der Waals surface area contributed by atoms with Gasteiger partial charge in [0.15, 0.2) is 5.96 Å². The molecule has 5 heteroatoms. The molecule has 0 amide bonds. The molecule has 0 bridgehead atoms. The van der Waals surface area contributed by atoms with Gasteiger partial charge in [-0.3, -0.25) is 0 Å². The van der Waals surface area contributed by atoms with Crippen molar-refractivity contribution in [2.45, 2.75) is 32.9 Å². The molecule has 4 N–H and O–H groups in total. The number of aliphatic imine (C=N–C) groups is 1. The van der Waals surface area contributed by atoms with Crippen LogP contribution in [0.2, 0.25) is 0 Å². The Hall–Kier alpha value is -1.49. The second-order valence-electron chi connectivity index (χ2n) is 4.68. The predicted molar refractivity (Wildman–Crippen MR) is 84.2 cm³/mol. The first-order valence-corrected chi connectivity index (χ1v) is 7.21. The predicted octanol–water partition coefficient (Wildman–Crippen LogP) is 3.13. The second kappa shape index (κ2) is 6.10. The lowest BCUT2D eigenvalue weighted by Gasteiger charge is -2.11. The van der Waals surface area contributed by atoms with Crippen LogP contribution in [0, 0.1) is 0 Å². The molecule has 0 saturated carbocycles. The SMILES string of the molecule is CCC(C)NC(N)=NCc1cc2cc(Br)ccc2[nH]1. The normalized spacial score (nSPS) is 13.7. The van der Waals surface area contributed by atoms with Crippen LogP contribution in [0.15, 0.2) is 33.7 Å². The van der Waals surface area contributed by atoms with E-state index in [9.17, 15) is 0 Å². The zero-order valence-electron chi connectivity index (χ0n) is 11.2. The molecule has 0 fully saturated rings. The van der Waals surface area contributed by atoms with Crippen LogP contribution in [-0.4, -0.2) is 17.0 Å². The van der Waals surface area contributed by atoms with Crippen molar-refractivity contribution >= 4 is 32.8 Å². The highest BCUT2D eigenvalue weighted by Crippen LogP contribution is 2.20. The maximum Gasteiger partial charge on any atom is 0.189 e. The van der Waals surface area contributed by atoms with Gasteiger partial charge >= 0.3 is 0 Å². The first-order chi connectivity index (χ1) is 9.08. The van der Waals surface area contributed by atoms with Crippen molar-refractivity contribution in [2.75, 3.05) is 0 Å². The smallest absolute Gasteiger partial charge is 0.189 e. The van der Waals surface area contributed by atoms with Crippen LogP contribution in [0.25, 0.3) is 10.9 Å². The molecule has 0 aliphatic rings. The minimum absolute atomic E-state index is 0.349. The maximum absolute atomic E-state index is 5.83. The molecule has 1 aromatic carbocycles. The lowest BCUT2D eigenvalue weighted by Crippen LogP contribution is -2.38. The number of nitrogens with zero attached hydrogens (tertiary/aromatic N) is 1. The average Bonchev–Trinajstić information content (AvgIpc) is 2.78. The summed E-state index contributed by atoms with van der Waals surface area (Å²) in [6.07, 6.45) is 1.02. The number of aromatic nitrogens is 1. The van der Waals surface area contributed by atoms with Gasteiger partial charge in [-0.1, -0.05) is 22.9 Å². The third-order valence-corrected chi connectivity index (χ3v) is 3.56. The summed E-state index contributed by atoms with van der Waals surface area (Å²) >= 11 is 3.47. The van der Waals surface area contributed by atoms with Crippen molar-refractivity contribution < 1.29 is 0 Å². The standard InChI is InChI=1S/C14H19BrN4/c1-3-9(2)18-14(16)17-8-12-7-10-6-11(15)4-5-13(10)19-12/h4-7,9,19H,3,8H2,1-2H3,(H3,16,17,18). The Balaban J connectivity index is 2.07. The van der Waals surface area contributed by atoms with Crippen molar-refractivity contribution in [3.05, 3.63) is 34.4 Å². The van der Waals surface area contributed by atoms with Gasteiger partial charge in [-0.25, -0.2) is 4.99 Å². The number of nitrogens with two attached hydrogens (primary N) is 1. The topological polar surface area (TPSA) is 66.2 Å². The van der Waals surface area contributed by atoms with E-state index in [1.165, 1.54) is 5.39 Å². The number of nitrogens with one attached hydrogen (secondary N) is 2. The number of hydrogen-bond acceptors (Lipinski definition) is 1. The Morgan fingerprint density at radius 3 is 3.00 bits per heavy atom. The zero-order valence-corrected chi connectivity index (χ0v) is 12.8. The number of benzene rings is 1. The van der Waals surface area contributed by atoms with Gasteiger partial charge in [-0.05, 0) is 37.6 Å². The Labute approximate surface area is 121 Å². The van der Waals surface area contributed by atoms with Gasteiger partial charge in [0.2, 0.25) is 0 Å². The number of fused-ring (bicyclic) bond motifs is 1. The van der Waals surface area contributed by atoms with Crippen LogP contribution in [0.1, 0.15) is 26.0 Å². The minimum Gasteiger partial charge on any atom is -0.370 e. The molecule has 1 heterocycles. The fraction of sp³-hybridized carbons (Fsp3) is 0.357. The highest BCUT2D eigenvalue weighted by molar-refractivity contribution is 9.10. The van der Waals surface area contributed by atoms with Gasteiger partial charge in [0.1, 0.15) is 0 Å². The fourth-order valence-electron chi connectivity index (χ4n) is 1.82. The molecule has 2 rings (SSSR count). The number of guanidine groups is 1. The largest absolute Gasteiger partial charge is 0.370 e. The van der Waals surface area contributed by atoms with E-state index in [1.54, 1.807) is 0 Å². The average molecular weight is 323 g/mol. The van der Waals surface area contributed by atoms with E-state index in [0.29, 0.717) is 18.5 Å². The van der Waals surface area contributed by atoms with E-state index >= 15 is 0 Å². The van der Waals surface area contributed by atoms with E-state index in [-0.39, 0.29) is 0 Å². The van der Waals surface area contributed by atoms with Crippen molar-refractivity contribution in [3.8, 4) is 0 Å². The van der Waals surface area contributed by atoms with Crippen molar-refractivity contribution in [1.29, 1.82) is 0 Å². The summed E-state index contributed by atoms with van der Waals surface area (Å²) in [6.45, 7) is 4.75. The summed E-state index contributed by atoms with van der Waals surface area (Å²) in [4.78, 5) is 7.67. The molecule has 1 atom stereocenters. The Morgan fingerprint density at radius 1 is 1.47 bits per heavy atom. The number of rotatable bonds is 4. The third kappa shape index (κ3) is 3.73. The van der Waals surface area contributed by atoms with Crippen LogP contribution in [0.3, 0.4) is 0 Å². The van der Waals surface area contributed by atoms with Crippen LogP contribution < -0.4 is 11.1 Å². The maximum atomic E-state index is 5.83. The Kier molecular flexibility index (Phi) is 4.47. The van der Waals surface area contributed by atoms with Gasteiger partial charge in [0.25, 0.3) is 0 Å². The molecule has 1 aromatic heterocycles. The first-order valence-electron chi connectivity index (χ1n) is 6.42. The molecule has 19 heavy (non-hydrogen) atoms. The van der Waals surface area contributed by atoms with Crippen LogP contribution >= 0.6 is 15.9 Å². The Morgan fingerprint density at radius 2 is 2.26 bits per heavy atom.